The highest BCUT2D eigenvalue weighted by atomic mass is 35.5. The molecule has 0 bridgehead atoms. The zero-order valence-electron chi connectivity index (χ0n) is 11.2. The van der Waals surface area contributed by atoms with Crippen LogP contribution in [0, 0.1) is 5.92 Å². The van der Waals surface area contributed by atoms with Crippen LogP contribution in [0.2, 0.25) is 5.02 Å². The van der Waals surface area contributed by atoms with Crippen LogP contribution in [0.1, 0.15) is 37.0 Å². The van der Waals surface area contributed by atoms with Crippen molar-refractivity contribution in [3.05, 3.63) is 22.7 Å². The molecule has 0 spiro atoms. The molecule has 1 aliphatic carbocycles. The Morgan fingerprint density at radius 3 is 2.84 bits per heavy atom. The Morgan fingerprint density at radius 1 is 1.53 bits per heavy atom. The Balaban J connectivity index is 2.26. The molecular formula is C14H19ClN2O2. The Hall–Kier alpha value is -1.42. The standard InChI is InChI=1S/C14H19ClN2O2/c1-3-8-5-12(8)17-13-10(14(18)19-4-2)6-9(16)7-11(13)15/h6-8,12,17H,3-5,16H2,1-2H3. The number of esters is 1. The lowest BCUT2D eigenvalue weighted by Gasteiger charge is -2.14. The Bertz CT molecular complexity index is 491. The number of carbonyl (C=O) groups is 1. The lowest BCUT2D eigenvalue weighted by molar-refractivity contribution is 0.0527. The summed E-state index contributed by atoms with van der Waals surface area (Å²) in [6, 6.07) is 3.64. The van der Waals surface area contributed by atoms with Gasteiger partial charge in [-0.1, -0.05) is 24.9 Å². The van der Waals surface area contributed by atoms with Crippen LogP contribution in [0.5, 0.6) is 0 Å². The maximum absolute atomic E-state index is 11.9. The van der Waals surface area contributed by atoms with Gasteiger partial charge < -0.3 is 15.8 Å². The summed E-state index contributed by atoms with van der Waals surface area (Å²) in [7, 11) is 0. The average Bonchev–Trinajstić information content (AvgIpc) is 3.11. The summed E-state index contributed by atoms with van der Waals surface area (Å²) in [6.07, 6.45) is 2.23. The zero-order valence-corrected chi connectivity index (χ0v) is 12.0. The SMILES string of the molecule is CCOC(=O)c1cc(N)cc(Cl)c1NC1CC1CC. The van der Waals surface area contributed by atoms with Crippen LogP contribution < -0.4 is 11.1 Å². The fraction of sp³-hybridized carbons (Fsp3) is 0.500. The third-order valence-electron chi connectivity index (χ3n) is 3.38. The molecule has 1 aliphatic rings. The zero-order chi connectivity index (χ0) is 14.0. The highest BCUT2D eigenvalue weighted by Gasteiger charge is 2.36. The first-order chi connectivity index (χ1) is 9.06. The van der Waals surface area contributed by atoms with Crippen molar-refractivity contribution >= 4 is 28.9 Å². The number of hydrogen-bond acceptors (Lipinski definition) is 4. The number of anilines is 2. The second-order valence-electron chi connectivity index (χ2n) is 4.80. The first kappa shape index (κ1) is 14.0. The van der Waals surface area contributed by atoms with Gasteiger partial charge in [0.05, 0.1) is 22.9 Å². The molecule has 1 aromatic rings. The number of rotatable bonds is 5. The Labute approximate surface area is 118 Å². The van der Waals surface area contributed by atoms with Gasteiger partial charge in [-0.15, -0.1) is 0 Å². The molecule has 1 fully saturated rings. The molecular weight excluding hydrogens is 264 g/mol. The molecule has 1 saturated carbocycles. The number of nitrogens with one attached hydrogen (secondary N) is 1. The van der Waals surface area contributed by atoms with Crippen molar-refractivity contribution in [1.82, 2.24) is 0 Å². The minimum atomic E-state index is -0.395. The van der Waals surface area contributed by atoms with E-state index in [2.05, 4.69) is 12.2 Å². The molecule has 5 heteroatoms. The lowest BCUT2D eigenvalue weighted by Crippen LogP contribution is -2.13. The van der Waals surface area contributed by atoms with Gasteiger partial charge in [0.15, 0.2) is 0 Å². The van der Waals surface area contributed by atoms with Gasteiger partial charge in [-0.3, -0.25) is 0 Å². The fourth-order valence-electron chi connectivity index (χ4n) is 2.21. The number of nitrogen functional groups attached to an aromatic ring is 1. The largest absolute Gasteiger partial charge is 0.462 e. The van der Waals surface area contributed by atoms with Gasteiger partial charge in [0.2, 0.25) is 0 Å². The molecule has 19 heavy (non-hydrogen) atoms. The summed E-state index contributed by atoms with van der Waals surface area (Å²) in [4.78, 5) is 11.9. The topological polar surface area (TPSA) is 64.3 Å². The summed E-state index contributed by atoms with van der Waals surface area (Å²) in [5, 5.41) is 3.79. The highest BCUT2D eigenvalue weighted by Crippen LogP contribution is 2.39. The van der Waals surface area contributed by atoms with Crippen molar-refractivity contribution in [2.75, 3.05) is 17.7 Å². The Kier molecular flexibility index (Phi) is 4.20. The molecule has 0 radical (unpaired) electrons. The van der Waals surface area contributed by atoms with Crippen LogP contribution in [-0.2, 0) is 4.74 Å². The highest BCUT2D eigenvalue weighted by molar-refractivity contribution is 6.34. The minimum Gasteiger partial charge on any atom is -0.462 e. The number of benzene rings is 1. The van der Waals surface area contributed by atoms with Gasteiger partial charge in [0, 0.05) is 11.7 Å². The number of carbonyl (C=O) groups excluding carboxylic acids is 1. The summed E-state index contributed by atoms with van der Waals surface area (Å²) in [5.41, 5.74) is 7.25. The molecule has 0 aromatic heterocycles. The summed E-state index contributed by atoms with van der Waals surface area (Å²) < 4.78 is 5.04. The van der Waals surface area contributed by atoms with E-state index in [1.165, 1.54) is 0 Å². The maximum Gasteiger partial charge on any atom is 0.340 e. The van der Waals surface area contributed by atoms with Crippen molar-refractivity contribution in [3.63, 3.8) is 0 Å². The first-order valence-electron chi connectivity index (χ1n) is 6.59. The normalized spacial score (nSPS) is 21.0. The number of halogens is 1. The summed E-state index contributed by atoms with van der Waals surface area (Å²) in [5.74, 6) is 0.261. The van der Waals surface area contributed by atoms with Crippen LogP contribution in [-0.4, -0.2) is 18.6 Å². The number of nitrogens with two attached hydrogens (primary N) is 1. The molecule has 0 heterocycles. The van der Waals surface area contributed by atoms with Gasteiger partial charge in [-0.25, -0.2) is 4.79 Å². The second kappa shape index (κ2) is 5.70. The van der Waals surface area contributed by atoms with E-state index in [-0.39, 0.29) is 0 Å². The first-order valence-corrected chi connectivity index (χ1v) is 6.97. The predicted molar refractivity (Wildman–Crippen MR) is 77.6 cm³/mol. The summed E-state index contributed by atoms with van der Waals surface area (Å²) >= 11 is 6.19. The van der Waals surface area contributed by atoms with Gasteiger partial charge in [-0.2, -0.15) is 0 Å². The second-order valence-corrected chi connectivity index (χ2v) is 5.21. The van der Waals surface area contributed by atoms with Crippen LogP contribution in [0.25, 0.3) is 0 Å². The molecule has 104 valence electrons. The van der Waals surface area contributed by atoms with Crippen molar-refractivity contribution in [2.24, 2.45) is 5.92 Å². The van der Waals surface area contributed by atoms with E-state index in [1.807, 2.05) is 0 Å². The van der Waals surface area contributed by atoms with E-state index >= 15 is 0 Å². The van der Waals surface area contributed by atoms with E-state index in [4.69, 9.17) is 22.1 Å². The van der Waals surface area contributed by atoms with Crippen molar-refractivity contribution < 1.29 is 9.53 Å². The van der Waals surface area contributed by atoms with E-state index in [0.29, 0.717) is 40.5 Å². The average molecular weight is 283 g/mol. The molecule has 4 nitrogen and oxygen atoms in total. The Morgan fingerprint density at radius 2 is 2.26 bits per heavy atom. The number of ether oxygens (including phenoxy) is 1. The molecule has 0 aliphatic heterocycles. The van der Waals surface area contributed by atoms with Crippen molar-refractivity contribution in [3.8, 4) is 0 Å². The quantitative estimate of drug-likeness (QED) is 0.642. The van der Waals surface area contributed by atoms with Gasteiger partial charge in [0.25, 0.3) is 0 Å². The van der Waals surface area contributed by atoms with E-state index < -0.39 is 5.97 Å². The van der Waals surface area contributed by atoms with Crippen LogP contribution in [0.15, 0.2) is 12.1 Å². The smallest absolute Gasteiger partial charge is 0.340 e. The molecule has 3 N–H and O–H groups in total. The van der Waals surface area contributed by atoms with E-state index in [1.54, 1.807) is 19.1 Å². The van der Waals surface area contributed by atoms with Crippen molar-refractivity contribution in [2.45, 2.75) is 32.7 Å². The van der Waals surface area contributed by atoms with Crippen LogP contribution >= 0.6 is 11.6 Å². The van der Waals surface area contributed by atoms with Gasteiger partial charge in [-0.05, 0) is 31.4 Å². The van der Waals surface area contributed by atoms with E-state index in [0.717, 1.165) is 12.8 Å². The van der Waals surface area contributed by atoms with Crippen LogP contribution in [0.4, 0.5) is 11.4 Å². The molecule has 1 aromatic carbocycles. The third-order valence-corrected chi connectivity index (χ3v) is 3.68. The maximum atomic E-state index is 11.9. The number of hydrogen-bond donors (Lipinski definition) is 2. The van der Waals surface area contributed by atoms with E-state index in [9.17, 15) is 4.79 Å². The monoisotopic (exact) mass is 282 g/mol. The van der Waals surface area contributed by atoms with Crippen molar-refractivity contribution in [1.29, 1.82) is 0 Å². The summed E-state index contributed by atoms with van der Waals surface area (Å²) in [6.45, 7) is 4.25. The molecule has 2 unspecified atom stereocenters. The van der Waals surface area contributed by atoms with Gasteiger partial charge >= 0.3 is 5.97 Å². The minimum absolute atomic E-state index is 0.325. The van der Waals surface area contributed by atoms with Gasteiger partial charge in [0.1, 0.15) is 0 Å². The third kappa shape index (κ3) is 3.13. The molecule has 0 amide bonds. The fourth-order valence-corrected chi connectivity index (χ4v) is 2.49. The molecule has 2 rings (SSSR count). The predicted octanol–water partition coefficient (Wildman–Crippen LogP) is 3.31. The molecule has 0 saturated heterocycles. The van der Waals surface area contributed by atoms with Crippen LogP contribution in [0.3, 0.4) is 0 Å². The lowest BCUT2D eigenvalue weighted by atomic mass is 10.1. The molecule has 2 atom stereocenters.